The van der Waals surface area contributed by atoms with Crippen molar-refractivity contribution < 1.29 is 0 Å². The monoisotopic (exact) mass is 213 g/mol. The molecule has 0 radical (unpaired) electrons. The van der Waals surface area contributed by atoms with E-state index in [0.29, 0.717) is 0 Å². The van der Waals surface area contributed by atoms with Gasteiger partial charge in [0.15, 0.2) is 0 Å². The SMILES string of the molecule is CCCCCCc1cccc(N)c1.Cl. The lowest BCUT2D eigenvalue weighted by Gasteiger charge is -2.01. The molecule has 0 atom stereocenters. The molecule has 1 aromatic carbocycles. The number of hydrogen-bond acceptors (Lipinski definition) is 1. The van der Waals surface area contributed by atoms with Crippen molar-refractivity contribution in [3.8, 4) is 0 Å². The van der Waals surface area contributed by atoms with Gasteiger partial charge in [-0.15, -0.1) is 12.4 Å². The number of nitrogens with two attached hydrogens (primary N) is 1. The van der Waals surface area contributed by atoms with Gasteiger partial charge in [-0.05, 0) is 30.5 Å². The minimum Gasteiger partial charge on any atom is -0.399 e. The maximum atomic E-state index is 5.69. The van der Waals surface area contributed by atoms with E-state index >= 15 is 0 Å². The number of unbranched alkanes of at least 4 members (excludes halogenated alkanes) is 3. The molecule has 1 aromatic rings. The summed E-state index contributed by atoms with van der Waals surface area (Å²) in [6.07, 6.45) is 6.45. The van der Waals surface area contributed by atoms with Crippen LogP contribution in [-0.2, 0) is 6.42 Å². The van der Waals surface area contributed by atoms with E-state index < -0.39 is 0 Å². The first-order valence-electron chi connectivity index (χ1n) is 5.17. The Kier molecular flexibility index (Phi) is 7.31. The van der Waals surface area contributed by atoms with Crippen LogP contribution in [0.4, 0.5) is 5.69 Å². The number of hydrogen-bond donors (Lipinski definition) is 1. The van der Waals surface area contributed by atoms with Crippen molar-refractivity contribution in [2.45, 2.75) is 39.0 Å². The van der Waals surface area contributed by atoms with E-state index in [9.17, 15) is 0 Å². The minimum atomic E-state index is 0. The molecule has 1 nitrogen and oxygen atoms in total. The largest absolute Gasteiger partial charge is 0.399 e. The highest BCUT2D eigenvalue weighted by Crippen LogP contribution is 2.10. The molecule has 14 heavy (non-hydrogen) atoms. The summed E-state index contributed by atoms with van der Waals surface area (Å²) in [5.41, 5.74) is 7.94. The third kappa shape index (κ3) is 5.13. The maximum Gasteiger partial charge on any atom is 0.0316 e. The fourth-order valence-electron chi connectivity index (χ4n) is 1.50. The number of rotatable bonds is 5. The van der Waals surface area contributed by atoms with E-state index in [1.165, 1.54) is 37.7 Å². The highest BCUT2D eigenvalue weighted by atomic mass is 35.5. The second-order valence-corrected chi connectivity index (χ2v) is 3.56. The second kappa shape index (κ2) is 7.69. The number of anilines is 1. The van der Waals surface area contributed by atoms with Crippen LogP contribution < -0.4 is 5.73 Å². The molecule has 0 saturated heterocycles. The molecule has 0 spiro atoms. The normalized spacial score (nSPS) is 9.50. The molecule has 0 amide bonds. The number of benzene rings is 1. The first-order valence-corrected chi connectivity index (χ1v) is 5.17. The predicted octanol–water partition coefficient (Wildman–Crippen LogP) is 3.81. The molecule has 0 aliphatic carbocycles. The number of aryl methyl sites for hydroxylation is 1. The molecule has 1 rings (SSSR count). The lowest BCUT2D eigenvalue weighted by atomic mass is 10.1. The average Bonchev–Trinajstić information content (AvgIpc) is 2.13. The van der Waals surface area contributed by atoms with E-state index in [-0.39, 0.29) is 12.4 Å². The van der Waals surface area contributed by atoms with Gasteiger partial charge in [-0.2, -0.15) is 0 Å². The zero-order valence-corrected chi connectivity index (χ0v) is 9.65. The van der Waals surface area contributed by atoms with Crippen LogP contribution >= 0.6 is 12.4 Å². The molecular formula is C12H20ClN. The van der Waals surface area contributed by atoms with Crippen molar-refractivity contribution in [2.24, 2.45) is 0 Å². The van der Waals surface area contributed by atoms with Crippen LogP contribution in [-0.4, -0.2) is 0 Å². The van der Waals surface area contributed by atoms with Crippen molar-refractivity contribution in [1.82, 2.24) is 0 Å². The van der Waals surface area contributed by atoms with Crippen molar-refractivity contribution in [3.05, 3.63) is 29.8 Å². The Balaban J connectivity index is 0.00000169. The molecule has 0 aliphatic heterocycles. The van der Waals surface area contributed by atoms with Crippen molar-refractivity contribution >= 4 is 18.1 Å². The van der Waals surface area contributed by atoms with Crippen LogP contribution in [0.5, 0.6) is 0 Å². The van der Waals surface area contributed by atoms with Gasteiger partial charge in [-0.3, -0.25) is 0 Å². The molecule has 0 bridgehead atoms. The van der Waals surface area contributed by atoms with Crippen LogP contribution in [0, 0.1) is 0 Å². The van der Waals surface area contributed by atoms with Crippen molar-refractivity contribution in [1.29, 1.82) is 0 Å². The molecule has 0 aliphatic rings. The van der Waals surface area contributed by atoms with Gasteiger partial charge < -0.3 is 5.73 Å². The topological polar surface area (TPSA) is 26.0 Å². The van der Waals surface area contributed by atoms with Crippen LogP contribution in [0.3, 0.4) is 0 Å². The lowest BCUT2D eigenvalue weighted by molar-refractivity contribution is 0.667. The Labute approximate surface area is 93.1 Å². The van der Waals surface area contributed by atoms with Crippen LogP contribution in [0.1, 0.15) is 38.2 Å². The molecule has 2 N–H and O–H groups in total. The summed E-state index contributed by atoms with van der Waals surface area (Å²) in [5, 5.41) is 0. The van der Waals surface area contributed by atoms with Crippen LogP contribution in [0.2, 0.25) is 0 Å². The Bertz CT molecular complexity index is 248. The van der Waals surface area contributed by atoms with Gasteiger partial charge in [0.1, 0.15) is 0 Å². The summed E-state index contributed by atoms with van der Waals surface area (Å²) in [7, 11) is 0. The molecule has 0 unspecified atom stereocenters. The van der Waals surface area contributed by atoms with Gasteiger partial charge in [0.25, 0.3) is 0 Å². The molecule has 0 aromatic heterocycles. The Morgan fingerprint density at radius 1 is 1.14 bits per heavy atom. The van der Waals surface area contributed by atoms with Gasteiger partial charge in [-0.1, -0.05) is 38.3 Å². The fourth-order valence-corrected chi connectivity index (χ4v) is 1.50. The molecular weight excluding hydrogens is 194 g/mol. The maximum absolute atomic E-state index is 5.69. The molecule has 2 heteroatoms. The van der Waals surface area contributed by atoms with Gasteiger partial charge in [0.2, 0.25) is 0 Å². The number of nitrogen functional groups attached to an aromatic ring is 1. The Morgan fingerprint density at radius 3 is 2.57 bits per heavy atom. The zero-order valence-electron chi connectivity index (χ0n) is 8.83. The van der Waals surface area contributed by atoms with E-state index in [1.54, 1.807) is 0 Å². The summed E-state index contributed by atoms with van der Waals surface area (Å²) >= 11 is 0. The molecule has 80 valence electrons. The second-order valence-electron chi connectivity index (χ2n) is 3.56. The van der Waals surface area contributed by atoms with E-state index in [4.69, 9.17) is 5.73 Å². The first kappa shape index (κ1) is 13.3. The third-order valence-electron chi connectivity index (χ3n) is 2.27. The van der Waals surface area contributed by atoms with Crippen molar-refractivity contribution in [2.75, 3.05) is 5.73 Å². The van der Waals surface area contributed by atoms with Gasteiger partial charge in [0.05, 0.1) is 0 Å². The molecule has 0 heterocycles. The average molecular weight is 214 g/mol. The summed E-state index contributed by atoms with van der Waals surface area (Å²) in [5.74, 6) is 0. The summed E-state index contributed by atoms with van der Waals surface area (Å²) in [6.45, 7) is 2.24. The zero-order chi connectivity index (χ0) is 9.52. The quantitative estimate of drug-likeness (QED) is 0.584. The fraction of sp³-hybridized carbons (Fsp3) is 0.500. The summed E-state index contributed by atoms with van der Waals surface area (Å²) in [6, 6.07) is 8.20. The summed E-state index contributed by atoms with van der Waals surface area (Å²) < 4.78 is 0. The van der Waals surface area contributed by atoms with E-state index in [2.05, 4.69) is 19.1 Å². The third-order valence-corrected chi connectivity index (χ3v) is 2.27. The van der Waals surface area contributed by atoms with E-state index in [0.717, 1.165) is 5.69 Å². The first-order chi connectivity index (χ1) is 6.33. The molecule has 0 fully saturated rings. The predicted molar refractivity (Wildman–Crippen MR) is 65.9 cm³/mol. The minimum absolute atomic E-state index is 0. The van der Waals surface area contributed by atoms with Gasteiger partial charge in [-0.25, -0.2) is 0 Å². The van der Waals surface area contributed by atoms with Gasteiger partial charge >= 0.3 is 0 Å². The number of halogens is 1. The van der Waals surface area contributed by atoms with Crippen molar-refractivity contribution in [3.63, 3.8) is 0 Å². The van der Waals surface area contributed by atoms with Crippen LogP contribution in [0.25, 0.3) is 0 Å². The van der Waals surface area contributed by atoms with Gasteiger partial charge in [0, 0.05) is 5.69 Å². The Hall–Kier alpha value is -0.690. The Morgan fingerprint density at radius 2 is 1.93 bits per heavy atom. The smallest absolute Gasteiger partial charge is 0.0316 e. The highest BCUT2D eigenvalue weighted by molar-refractivity contribution is 5.85. The lowest BCUT2D eigenvalue weighted by Crippen LogP contribution is -1.89. The standard InChI is InChI=1S/C12H19N.ClH/c1-2-3-4-5-7-11-8-6-9-12(13)10-11;/h6,8-10H,2-5,7,13H2,1H3;1H. The summed E-state index contributed by atoms with van der Waals surface area (Å²) in [4.78, 5) is 0. The van der Waals surface area contributed by atoms with E-state index in [1.807, 2.05) is 12.1 Å². The highest BCUT2D eigenvalue weighted by Gasteiger charge is 1.93. The van der Waals surface area contributed by atoms with Crippen LogP contribution in [0.15, 0.2) is 24.3 Å². The molecule has 0 saturated carbocycles.